The Morgan fingerprint density at radius 2 is 1.74 bits per heavy atom. The van der Waals surface area contributed by atoms with Crippen LogP contribution in [0.15, 0.2) is 24.3 Å². The third kappa shape index (κ3) is 5.77. The number of rotatable bonds is 4. The van der Waals surface area contributed by atoms with Gasteiger partial charge in [-0.2, -0.15) is 0 Å². The summed E-state index contributed by atoms with van der Waals surface area (Å²) in [5, 5.41) is 6.54. The third-order valence-electron chi connectivity index (χ3n) is 4.10. The molecule has 23 heavy (non-hydrogen) atoms. The number of amides is 1. The van der Waals surface area contributed by atoms with Crippen LogP contribution in [0.2, 0.25) is 0 Å². The zero-order chi connectivity index (χ0) is 17.0. The van der Waals surface area contributed by atoms with Gasteiger partial charge in [0, 0.05) is 17.8 Å². The molecule has 2 unspecified atom stereocenters. The van der Waals surface area contributed by atoms with E-state index in [-0.39, 0.29) is 12.1 Å². The largest absolute Gasteiger partial charge is 0.444 e. The standard InChI is InChI=1S/C19H30N2O2/c1-13(2)14-6-8-15(9-7-14)20-16-10-11-17(12-16)21-18(22)23-19(3,4)5/h6-9,13,16-17,20H,10-12H2,1-5H3,(H,21,22). The Labute approximate surface area is 140 Å². The Kier molecular flexibility index (Phi) is 5.55. The van der Waals surface area contributed by atoms with Crippen molar-refractivity contribution < 1.29 is 9.53 Å². The van der Waals surface area contributed by atoms with Gasteiger partial charge in [-0.15, -0.1) is 0 Å². The van der Waals surface area contributed by atoms with Gasteiger partial charge < -0.3 is 15.4 Å². The second-order valence-electron chi connectivity index (χ2n) is 7.77. The minimum atomic E-state index is -0.446. The fourth-order valence-electron chi connectivity index (χ4n) is 2.92. The number of hydrogen-bond donors (Lipinski definition) is 2. The van der Waals surface area contributed by atoms with Crippen LogP contribution >= 0.6 is 0 Å². The van der Waals surface area contributed by atoms with E-state index in [2.05, 4.69) is 48.7 Å². The van der Waals surface area contributed by atoms with Crippen LogP contribution in [0.3, 0.4) is 0 Å². The lowest BCUT2D eigenvalue weighted by molar-refractivity contribution is 0.0505. The maximum absolute atomic E-state index is 11.8. The number of benzene rings is 1. The van der Waals surface area contributed by atoms with Gasteiger partial charge in [0.15, 0.2) is 0 Å². The zero-order valence-electron chi connectivity index (χ0n) is 15.0. The number of nitrogens with one attached hydrogen (secondary N) is 2. The van der Waals surface area contributed by atoms with Crippen LogP contribution in [0.1, 0.15) is 65.4 Å². The number of anilines is 1. The van der Waals surface area contributed by atoms with Crippen molar-refractivity contribution in [3.8, 4) is 0 Å². The van der Waals surface area contributed by atoms with Gasteiger partial charge in [0.05, 0.1) is 0 Å². The van der Waals surface area contributed by atoms with E-state index in [0.29, 0.717) is 12.0 Å². The first-order valence-corrected chi connectivity index (χ1v) is 8.59. The minimum absolute atomic E-state index is 0.192. The van der Waals surface area contributed by atoms with E-state index in [1.54, 1.807) is 0 Å². The van der Waals surface area contributed by atoms with Gasteiger partial charge in [-0.25, -0.2) is 4.79 Å². The summed E-state index contributed by atoms with van der Waals surface area (Å²) < 4.78 is 5.32. The van der Waals surface area contributed by atoms with Crippen molar-refractivity contribution >= 4 is 11.8 Å². The fourth-order valence-corrected chi connectivity index (χ4v) is 2.92. The first kappa shape index (κ1) is 17.6. The Morgan fingerprint density at radius 1 is 1.13 bits per heavy atom. The van der Waals surface area contributed by atoms with Crippen molar-refractivity contribution in [1.29, 1.82) is 0 Å². The third-order valence-corrected chi connectivity index (χ3v) is 4.10. The number of hydrogen-bond acceptors (Lipinski definition) is 3. The van der Waals surface area contributed by atoms with E-state index in [9.17, 15) is 4.79 Å². The molecule has 2 rings (SSSR count). The summed E-state index contributed by atoms with van der Waals surface area (Å²) in [5.74, 6) is 0.554. The van der Waals surface area contributed by atoms with Crippen LogP contribution in [0.25, 0.3) is 0 Å². The molecule has 4 heteroatoms. The molecular formula is C19H30N2O2. The normalized spacial score (nSPS) is 21.3. The van der Waals surface area contributed by atoms with E-state index >= 15 is 0 Å². The highest BCUT2D eigenvalue weighted by Gasteiger charge is 2.27. The molecule has 0 aromatic heterocycles. The van der Waals surface area contributed by atoms with Gasteiger partial charge in [-0.3, -0.25) is 0 Å². The first-order valence-electron chi connectivity index (χ1n) is 8.59. The zero-order valence-corrected chi connectivity index (χ0v) is 15.0. The molecule has 1 aliphatic rings. The lowest BCUT2D eigenvalue weighted by Crippen LogP contribution is -2.38. The predicted octanol–water partition coefficient (Wildman–Crippen LogP) is 4.67. The first-order chi connectivity index (χ1) is 10.7. The maximum atomic E-state index is 11.8. The molecule has 0 radical (unpaired) electrons. The summed E-state index contributed by atoms with van der Waals surface area (Å²) in [4.78, 5) is 11.8. The van der Waals surface area contributed by atoms with E-state index < -0.39 is 5.60 Å². The van der Waals surface area contributed by atoms with E-state index in [1.165, 1.54) is 5.56 Å². The Balaban J connectivity index is 1.80. The van der Waals surface area contributed by atoms with Gasteiger partial charge in [0.25, 0.3) is 0 Å². The number of alkyl carbamates (subject to hydrolysis) is 1. The molecule has 0 aliphatic heterocycles. The van der Waals surface area contributed by atoms with Crippen molar-refractivity contribution in [2.45, 2.75) is 77.5 Å². The molecule has 128 valence electrons. The molecule has 1 aliphatic carbocycles. The van der Waals surface area contributed by atoms with Gasteiger partial charge >= 0.3 is 6.09 Å². The average Bonchev–Trinajstić information content (AvgIpc) is 2.84. The molecule has 4 nitrogen and oxygen atoms in total. The Hall–Kier alpha value is -1.71. The van der Waals surface area contributed by atoms with Gasteiger partial charge in [0.1, 0.15) is 5.60 Å². The Morgan fingerprint density at radius 3 is 2.30 bits per heavy atom. The smallest absolute Gasteiger partial charge is 0.407 e. The van der Waals surface area contributed by atoms with E-state index in [0.717, 1.165) is 24.9 Å². The molecule has 1 saturated carbocycles. The summed E-state index contributed by atoms with van der Waals surface area (Å²) in [6.07, 6.45) is 2.67. The summed E-state index contributed by atoms with van der Waals surface area (Å²) in [6, 6.07) is 9.24. The summed E-state index contributed by atoms with van der Waals surface area (Å²) >= 11 is 0. The van der Waals surface area contributed by atoms with Crippen LogP contribution in [0.4, 0.5) is 10.5 Å². The number of carbonyl (C=O) groups is 1. The molecule has 0 heterocycles. The van der Waals surface area contributed by atoms with Crippen LogP contribution in [-0.4, -0.2) is 23.8 Å². The molecule has 1 amide bonds. The highest BCUT2D eigenvalue weighted by molar-refractivity contribution is 5.68. The molecule has 0 spiro atoms. The highest BCUT2D eigenvalue weighted by Crippen LogP contribution is 2.24. The molecule has 0 saturated heterocycles. The minimum Gasteiger partial charge on any atom is -0.444 e. The lowest BCUT2D eigenvalue weighted by Gasteiger charge is -2.22. The highest BCUT2D eigenvalue weighted by atomic mass is 16.6. The lowest BCUT2D eigenvalue weighted by atomic mass is 10.0. The summed E-state index contributed by atoms with van der Waals surface area (Å²) in [6.45, 7) is 10.0. The predicted molar refractivity (Wildman–Crippen MR) is 95.0 cm³/mol. The second-order valence-corrected chi connectivity index (χ2v) is 7.77. The fraction of sp³-hybridized carbons (Fsp3) is 0.632. The average molecular weight is 318 g/mol. The van der Waals surface area contributed by atoms with Crippen molar-refractivity contribution in [2.24, 2.45) is 0 Å². The Bertz CT molecular complexity index is 517. The molecule has 2 N–H and O–H groups in total. The molecular weight excluding hydrogens is 288 g/mol. The quantitative estimate of drug-likeness (QED) is 0.848. The molecule has 0 bridgehead atoms. The molecule has 1 aromatic rings. The van der Waals surface area contributed by atoms with Gasteiger partial charge in [0.2, 0.25) is 0 Å². The summed E-state index contributed by atoms with van der Waals surface area (Å²) in [7, 11) is 0. The molecule has 1 fully saturated rings. The van der Waals surface area contributed by atoms with E-state index in [4.69, 9.17) is 4.74 Å². The monoisotopic (exact) mass is 318 g/mol. The van der Waals surface area contributed by atoms with Gasteiger partial charge in [-0.05, 0) is 63.6 Å². The number of carbonyl (C=O) groups excluding carboxylic acids is 1. The van der Waals surface area contributed by atoms with Crippen molar-refractivity contribution in [2.75, 3.05) is 5.32 Å². The maximum Gasteiger partial charge on any atom is 0.407 e. The second kappa shape index (κ2) is 7.24. The molecule has 2 atom stereocenters. The SMILES string of the molecule is CC(C)c1ccc(NC2CCC(NC(=O)OC(C)(C)C)C2)cc1. The van der Waals surface area contributed by atoms with Crippen LogP contribution in [0.5, 0.6) is 0 Å². The van der Waals surface area contributed by atoms with E-state index in [1.807, 2.05) is 20.8 Å². The molecule has 1 aromatic carbocycles. The van der Waals surface area contributed by atoms with Gasteiger partial charge in [-0.1, -0.05) is 26.0 Å². The topological polar surface area (TPSA) is 50.4 Å². The number of ether oxygens (including phenoxy) is 1. The van der Waals surface area contributed by atoms with Crippen molar-refractivity contribution in [3.05, 3.63) is 29.8 Å². The van der Waals surface area contributed by atoms with Crippen LogP contribution < -0.4 is 10.6 Å². The van der Waals surface area contributed by atoms with Crippen LogP contribution in [0, 0.1) is 0 Å². The van der Waals surface area contributed by atoms with Crippen LogP contribution in [-0.2, 0) is 4.74 Å². The van der Waals surface area contributed by atoms with Crippen molar-refractivity contribution in [1.82, 2.24) is 5.32 Å². The van der Waals surface area contributed by atoms with Crippen molar-refractivity contribution in [3.63, 3.8) is 0 Å². The summed E-state index contributed by atoms with van der Waals surface area (Å²) in [5.41, 5.74) is 2.06.